The van der Waals surface area contributed by atoms with Crippen molar-refractivity contribution in [2.75, 3.05) is 19.4 Å². The summed E-state index contributed by atoms with van der Waals surface area (Å²) >= 11 is 0. The van der Waals surface area contributed by atoms with Gasteiger partial charge in [-0.3, -0.25) is 0 Å². The number of hydrogen-bond donors (Lipinski definition) is 1. The van der Waals surface area contributed by atoms with Crippen LogP contribution in [-0.2, 0) is 22.6 Å². The standard InChI is InChI=1S/C15H20N4O4/c1-15(2,3)23-14(21)18-5-6-19-10(8-18)9(7-16)11(17)12(19)13(20)22-4/h5-6,8,17H2,1-4H3. The molecule has 0 aliphatic carbocycles. The fourth-order valence-corrected chi connectivity index (χ4v) is 2.50. The number of aromatic nitrogens is 1. The van der Waals surface area contributed by atoms with Gasteiger partial charge in [0.25, 0.3) is 0 Å². The Bertz CT molecular complexity index is 694. The average molecular weight is 320 g/mol. The van der Waals surface area contributed by atoms with Gasteiger partial charge in [-0.1, -0.05) is 0 Å². The lowest BCUT2D eigenvalue weighted by Gasteiger charge is -2.31. The van der Waals surface area contributed by atoms with Crippen LogP contribution in [0.15, 0.2) is 0 Å². The second-order valence-electron chi connectivity index (χ2n) is 6.24. The first-order chi connectivity index (χ1) is 10.7. The molecule has 1 aromatic rings. The molecule has 0 unspecified atom stereocenters. The average Bonchev–Trinajstić information content (AvgIpc) is 2.75. The van der Waals surface area contributed by atoms with Crippen molar-refractivity contribution in [1.82, 2.24) is 9.47 Å². The van der Waals surface area contributed by atoms with Gasteiger partial charge in [-0.15, -0.1) is 0 Å². The van der Waals surface area contributed by atoms with Crippen LogP contribution >= 0.6 is 0 Å². The van der Waals surface area contributed by atoms with Gasteiger partial charge in [-0.25, -0.2) is 9.59 Å². The number of nitriles is 1. The van der Waals surface area contributed by atoms with E-state index < -0.39 is 17.7 Å². The Kier molecular flexibility index (Phi) is 4.23. The molecule has 0 saturated heterocycles. The summed E-state index contributed by atoms with van der Waals surface area (Å²) in [5, 5.41) is 9.32. The zero-order valence-electron chi connectivity index (χ0n) is 13.7. The lowest BCUT2D eigenvalue weighted by molar-refractivity contribution is 0.0197. The van der Waals surface area contributed by atoms with E-state index in [0.717, 1.165) is 0 Å². The summed E-state index contributed by atoms with van der Waals surface area (Å²) in [5.41, 5.74) is 6.26. The Morgan fingerprint density at radius 2 is 1.96 bits per heavy atom. The highest BCUT2D eigenvalue weighted by molar-refractivity contribution is 5.95. The number of amides is 1. The second kappa shape index (κ2) is 5.83. The van der Waals surface area contributed by atoms with Gasteiger partial charge in [0.15, 0.2) is 5.69 Å². The molecule has 1 aliphatic heterocycles. The number of fused-ring (bicyclic) bond motifs is 1. The molecule has 8 nitrogen and oxygen atoms in total. The summed E-state index contributed by atoms with van der Waals surface area (Å²) in [7, 11) is 1.25. The van der Waals surface area contributed by atoms with Crippen molar-refractivity contribution >= 4 is 17.7 Å². The van der Waals surface area contributed by atoms with E-state index in [0.29, 0.717) is 18.8 Å². The monoisotopic (exact) mass is 320 g/mol. The van der Waals surface area contributed by atoms with Gasteiger partial charge in [-0.05, 0) is 20.8 Å². The first kappa shape index (κ1) is 16.7. The molecular weight excluding hydrogens is 300 g/mol. The van der Waals surface area contributed by atoms with Gasteiger partial charge < -0.3 is 24.7 Å². The fourth-order valence-electron chi connectivity index (χ4n) is 2.50. The summed E-state index contributed by atoms with van der Waals surface area (Å²) in [6.45, 7) is 6.19. The van der Waals surface area contributed by atoms with Crippen molar-refractivity contribution in [3.05, 3.63) is 17.0 Å². The van der Waals surface area contributed by atoms with Gasteiger partial charge in [0.05, 0.1) is 30.6 Å². The maximum atomic E-state index is 12.2. The summed E-state index contributed by atoms with van der Waals surface area (Å²) in [6, 6.07) is 2.00. The zero-order valence-corrected chi connectivity index (χ0v) is 13.7. The third kappa shape index (κ3) is 3.08. The molecule has 124 valence electrons. The molecule has 1 aliphatic rings. The number of esters is 1. The van der Waals surface area contributed by atoms with Gasteiger partial charge in [-0.2, -0.15) is 5.26 Å². The van der Waals surface area contributed by atoms with Crippen molar-refractivity contribution in [2.24, 2.45) is 0 Å². The minimum atomic E-state index is -0.606. The molecule has 0 spiro atoms. The smallest absolute Gasteiger partial charge is 0.410 e. The Morgan fingerprint density at radius 3 is 2.48 bits per heavy atom. The normalized spacial score (nSPS) is 14.0. The number of anilines is 1. The van der Waals surface area contributed by atoms with Crippen LogP contribution < -0.4 is 5.73 Å². The van der Waals surface area contributed by atoms with Crippen LogP contribution in [0.3, 0.4) is 0 Å². The largest absolute Gasteiger partial charge is 0.464 e. The van der Waals surface area contributed by atoms with Crippen LogP contribution in [0.1, 0.15) is 42.5 Å². The molecule has 2 N–H and O–H groups in total. The molecule has 23 heavy (non-hydrogen) atoms. The van der Waals surface area contributed by atoms with Gasteiger partial charge >= 0.3 is 12.1 Å². The van der Waals surface area contributed by atoms with E-state index in [1.807, 2.05) is 6.07 Å². The summed E-state index contributed by atoms with van der Waals surface area (Å²) in [6.07, 6.45) is -0.466. The van der Waals surface area contributed by atoms with Crippen molar-refractivity contribution in [1.29, 1.82) is 5.26 Å². The van der Waals surface area contributed by atoms with Crippen LogP contribution in [0.25, 0.3) is 0 Å². The van der Waals surface area contributed by atoms with E-state index in [2.05, 4.69) is 0 Å². The molecule has 1 aromatic heterocycles. The summed E-state index contributed by atoms with van der Waals surface area (Å²) in [4.78, 5) is 25.6. The van der Waals surface area contributed by atoms with Crippen molar-refractivity contribution in [3.63, 3.8) is 0 Å². The lowest BCUT2D eigenvalue weighted by atomic mass is 10.2. The molecular formula is C15H20N4O4. The third-order valence-corrected chi connectivity index (χ3v) is 3.49. The molecule has 8 heteroatoms. The molecule has 0 radical (unpaired) electrons. The molecule has 0 bridgehead atoms. The predicted octanol–water partition coefficient (Wildman–Crippen LogP) is 1.48. The highest BCUT2D eigenvalue weighted by Gasteiger charge is 2.33. The number of methoxy groups -OCH3 is 1. The quantitative estimate of drug-likeness (QED) is 0.785. The fraction of sp³-hybridized carbons (Fsp3) is 0.533. The summed E-state index contributed by atoms with van der Waals surface area (Å²) in [5.74, 6) is -0.601. The molecule has 0 fully saturated rings. The Balaban J connectivity index is 2.36. The van der Waals surface area contributed by atoms with Crippen molar-refractivity contribution in [3.8, 4) is 6.07 Å². The number of hydrogen-bond acceptors (Lipinski definition) is 6. The van der Waals surface area contributed by atoms with Crippen LogP contribution in [0.2, 0.25) is 0 Å². The van der Waals surface area contributed by atoms with Gasteiger partial charge in [0.1, 0.15) is 11.7 Å². The van der Waals surface area contributed by atoms with Crippen LogP contribution in [0.5, 0.6) is 0 Å². The number of nitrogens with zero attached hydrogens (tertiary/aromatic N) is 3. The topological polar surface area (TPSA) is 111 Å². The number of carbonyl (C=O) groups excluding carboxylic acids is 2. The first-order valence-corrected chi connectivity index (χ1v) is 7.16. The second-order valence-corrected chi connectivity index (χ2v) is 6.24. The van der Waals surface area contributed by atoms with Crippen LogP contribution in [0.4, 0.5) is 10.5 Å². The van der Waals surface area contributed by atoms with Gasteiger partial charge in [0.2, 0.25) is 0 Å². The summed E-state index contributed by atoms with van der Waals surface area (Å²) < 4.78 is 11.7. The maximum Gasteiger partial charge on any atom is 0.410 e. The van der Waals surface area contributed by atoms with Crippen molar-refractivity contribution < 1.29 is 19.1 Å². The number of carbonyl (C=O) groups is 2. The lowest BCUT2D eigenvalue weighted by Crippen LogP contribution is -2.42. The molecule has 0 aromatic carbocycles. The SMILES string of the molecule is COC(=O)c1c(N)c(C#N)c2n1CCN(C(=O)OC(C)(C)C)C2. The molecule has 0 saturated carbocycles. The van der Waals surface area contributed by atoms with E-state index in [1.165, 1.54) is 12.0 Å². The molecule has 1 amide bonds. The van der Waals surface area contributed by atoms with E-state index >= 15 is 0 Å². The highest BCUT2D eigenvalue weighted by atomic mass is 16.6. The van der Waals surface area contributed by atoms with E-state index in [-0.39, 0.29) is 23.5 Å². The molecule has 0 atom stereocenters. The molecule has 2 rings (SSSR count). The Morgan fingerprint density at radius 1 is 1.30 bits per heavy atom. The molecule has 2 heterocycles. The van der Waals surface area contributed by atoms with Crippen LogP contribution in [-0.4, -0.2) is 40.8 Å². The minimum absolute atomic E-state index is 0.0837. The number of nitrogens with two attached hydrogens (primary N) is 1. The highest BCUT2D eigenvalue weighted by Crippen LogP contribution is 2.30. The predicted molar refractivity (Wildman–Crippen MR) is 81.5 cm³/mol. The maximum absolute atomic E-state index is 12.2. The van der Waals surface area contributed by atoms with E-state index in [9.17, 15) is 14.9 Å². The van der Waals surface area contributed by atoms with Crippen LogP contribution in [0, 0.1) is 11.3 Å². The first-order valence-electron chi connectivity index (χ1n) is 7.16. The van der Waals surface area contributed by atoms with E-state index in [1.54, 1.807) is 25.3 Å². The number of nitrogen functional groups attached to an aromatic ring is 1. The minimum Gasteiger partial charge on any atom is -0.464 e. The number of ether oxygens (including phenoxy) is 2. The van der Waals surface area contributed by atoms with Crippen molar-refractivity contribution in [2.45, 2.75) is 39.5 Å². The Hall–Kier alpha value is -2.69. The zero-order chi connectivity index (χ0) is 17.4. The van der Waals surface area contributed by atoms with Gasteiger partial charge in [0, 0.05) is 13.1 Å². The number of rotatable bonds is 1. The Labute approximate surface area is 134 Å². The third-order valence-electron chi connectivity index (χ3n) is 3.49. The van der Waals surface area contributed by atoms with E-state index in [4.69, 9.17) is 15.2 Å².